The minimum Gasteiger partial charge on any atom is -0.494 e. The van der Waals surface area contributed by atoms with Crippen molar-refractivity contribution in [3.05, 3.63) is 41.5 Å². The Hall–Kier alpha value is -1.57. The van der Waals surface area contributed by atoms with E-state index in [1.54, 1.807) is 0 Å². The second-order valence-electron chi connectivity index (χ2n) is 5.03. The number of ketones is 1. The third-order valence-corrected chi connectivity index (χ3v) is 3.42. The summed E-state index contributed by atoms with van der Waals surface area (Å²) in [6, 6.07) is 7.53. The van der Waals surface area contributed by atoms with Crippen LogP contribution in [0.15, 0.2) is 35.9 Å². The van der Waals surface area contributed by atoms with Crippen LogP contribution in [-0.2, 0) is 0 Å². The molecule has 0 saturated heterocycles. The van der Waals surface area contributed by atoms with E-state index in [-0.39, 0.29) is 5.78 Å². The SMILES string of the molecule is CCCOc1ccc(C(=O)C2=CCCCCC2)cc1. The zero-order valence-corrected chi connectivity index (χ0v) is 11.7. The van der Waals surface area contributed by atoms with Gasteiger partial charge in [-0.2, -0.15) is 0 Å². The van der Waals surface area contributed by atoms with Crippen molar-refractivity contribution in [3.63, 3.8) is 0 Å². The second-order valence-corrected chi connectivity index (χ2v) is 5.03. The Bertz CT molecular complexity index is 443. The molecule has 0 fully saturated rings. The summed E-state index contributed by atoms with van der Waals surface area (Å²) < 4.78 is 5.53. The molecule has 0 bridgehead atoms. The molecule has 0 aromatic heterocycles. The van der Waals surface area contributed by atoms with Gasteiger partial charge in [0.15, 0.2) is 5.78 Å². The van der Waals surface area contributed by atoms with Gasteiger partial charge in [0.1, 0.15) is 5.75 Å². The van der Waals surface area contributed by atoms with Gasteiger partial charge in [-0.05, 0) is 61.9 Å². The molecule has 0 atom stereocenters. The van der Waals surface area contributed by atoms with E-state index in [9.17, 15) is 4.79 Å². The average Bonchev–Trinajstić information content (AvgIpc) is 2.74. The van der Waals surface area contributed by atoms with E-state index in [0.29, 0.717) is 0 Å². The highest BCUT2D eigenvalue weighted by Gasteiger charge is 2.13. The number of benzene rings is 1. The van der Waals surface area contributed by atoms with Crippen molar-refractivity contribution in [2.75, 3.05) is 6.61 Å². The predicted molar refractivity (Wildman–Crippen MR) is 77.7 cm³/mol. The fraction of sp³-hybridized carbons (Fsp3) is 0.471. The first kappa shape index (κ1) is 13.9. The quantitative estimate of drug-likeness (QED) is 0.724. The van der Waals surface area contributed by atoms with Gasteiger partial charge in [-0.3, -0.25) is 4.79 Å². The highest BCUT2D eigenvalue weighted by Crippen LogP contribution is 2.22. The van der Waals surface area contributed by atoms with Crippen molar-refractivity contribution >= 4 is 5.78 Å². The molecule has 1 aliphatic carbocycles. The highest BCUT2D eigenvalue weighted by molar-refractivity contribution is 6.08. The fourth-order valence-electron chi connectivity index (χ4n) is 2.33. The largest absolute Gasteiger partial charge is 0.494 e. The molecule has 2 heteroatoms. The molecule has 0 saturated carbocycles. The topological polar surface area (TPSA) is 26.3 Å². The monoisotopic (exact) mass is 258 g/mol. The standard InChI is InChI=1S/C17H22O2/c1-2-13-19-16-11-9-15(10-12-16)17(18)14-7-5-3-4-6-8-14/h7,9-12H,2-6,8,13H2,1H3. The Morgan fingerprint density at radius 3 is 2.68 bits per heavy atom. The van der Waals surface area contributed by atoms with E-state index >= 15 is 0 Å². The van der Waals surface area contributed by atoms with E-state index in [4.69, 9.17) is 4.74 Å². The maximum absolute atomic E-state index is 12.4. The molecule has 0 aliphatic heterocycles. The molecule has 2 nitrogen and oxygen atoms in total. The average molecular weight is 258 g/mol. The van der Waals surface area contributed by atoms with E-state index in [0.717, 1.165) is 49.2 Å². The van der Waals surface area contributed by atoms with Gasteiger partial charge in [0.05, 0.1) is 6.61 Å². The minimum atomic E-state index is 0.184. The van der Waals surface area contributed by atoms with Gasteiger partial charge in [-0.25, -0.2) is 0 Å². The zero-order chi connectivity index (χ0) is 13.5. The van der Waals surface area contributed by atoms with Gasteiger partial charge in [0.2, 0.25) is 0 Å². The van der Waals surface area contributed by atoms with Crippen molar-refractivity contribution in [2.45, 2.75) is 45.4 Å². The molecule has 19 heavy (non-hydrogen) atoms. The lowest BCUT2D eigenvalue weighted by Gasteiger charge is -2.07. The highest BCUT2D eigenvalue weighted by atomic mass is 16.5. The molecule has 0 spiro atoms. The van der Waals surface area contributed by atoms with Gasteiger partial charge < -0.3 is 4.74 Å². The number of ether oxygens (including phenoxy) is 1. The number of rotatable bonds is 5. The lowest BCUT2D eigenvalue weighted by molar-refractivity contribution is 0.103. The molecule has 1 aromatic rings. The van der Waals surface area contributed by atoms with Crippen LogP contribution >= 0.6 is 0 Å². The smallest absolute Gasteiger partial charge is 0.188 e. The molecule has 0 heterocycles. The summed E-state index contributed by atoms with van der Waals surface area (Å²) in [4.78, 5) is 12.4. The van der Waals surface area contributed by atoms with Crippen LogP contribution in [-0.4, -0.2) is 12.4 Å². The van der Waals surface area contributed by atoms with E-state index in [2.05, 4.69) is 13.0 Å². The summed E-state index contributed by atoms with van der Waals surface area (Å²) in [6.07, 6.45) is 8.66. The van der Waals surface area contributed by atoms with Crippen LogP contribution in [0.5, 0.6) is 5.75 Å². The van der Waals surface area contributed by atoms with Crippen molar-refractivity contribution in [2.24, 2.45) is 0 Å². The summed E-state index contributed by atoms with van der Waals surface area (Å²) in [7, 11) is 0. The second kappa shape index (κ2) is 7.13. The third kappa shape index (κ3) is 3.95. The van der Waals surface area contributed by atoms with Gasteiger partial charge in [0, 0.05) is 5.56 Å². The maximum Gasteiger partial charge on any atom is 0.188 e. The Morgan fingerprint density at radius 1 is 1.16 bits per heavy atom. The van der Waals surface area contributed by atoms with Crippen molar-refractivity contribution in [1.29, 1.82) is 0 Å². The van der Waals surface area contributed by atoms with E-state index in [1.165, 1.54) is 12.8 Å². The van der Waals surface area contributed by atoms with Gasteiger partial charge in [0.25, 0.3) is 0 Å². The Morgan fingerprint density at radius 2 is 1.95 bits per heavy atom. The normalized spacial score (nSPS) is 15.5. The molecular weight excluding hydrogens is 236 g/mol. The lowest BCUT2D eigenvalue weighted by Crippen LogP contribution is -2.03. The summed E-state index contributed by atoms with van der Waals surface area (Å²) in [5, 5.41) is 0. The molecular formula is C17H22O2. The molecule has 102 valence electrons. The van der Waals surface area contributed by atoms with Gasteiger partial charge >= 0.3 is 0 Å². The van der Waals surface area contributed by atoms with Crippen molar-refractivity contribution < 1.29 is 9.53 Å². The number of allylic oxidation sites excluding steroid dienone is 2. The zero-order valence-electron chi connectivity index (χ0n) is 11.7. The van der Waals surface area contributed by atoms with Crippen LogP contribution in [0, 0.1) is 0 Å². The lowest BCUT2D eigenvalue weighted by atomic mass is 9.99. The number of hydrogen-bond acceptors (Lipinski definition) is 2. The third-order valence-electron chi connectivity index (χ3n) is 3.42. The van der Waals surface area contributed by atoms with E-state index in [1.807, 2.05) is 24.3 Å². The number of carbonyl (C=O) groups excluding carboxylic acids is 1. The minimum absolute atomic E-state index is 0.184. The van der Waals surface area contributed by atoms with Crippen LogP contribution in [0.1, 0.15) is 55.8 Å². The first-order chi connectivity index (χ1) is 9.31. The first-order valence-corrected chi connectivity index (χ1v) is 7.28. The predicted octanol–water partition coefficient (Wildman–Crippen LogP) is 4.55. The molecule has 1 aliphatic rings. The Labute approximate surface area is 115 Å². The summed E-state index contributed by atoms with van der Waals surface area (Å²) in [6.45, 7) is 2.80. The molecule has 1 aromatic carbocycles. The van der Waals surface area contributed by atoms with Crippen LogP contribution < -0.4 is 4.74 Å². The molecule has 0 amide bonds. The van der Waals surface area contributed by atoms with Crippen LogP contribution in [0.3, 0.4) is 0 Å². The summed E-state index contributed by atoms with van der Waals surface area (Å²) in [5.74, 6) is 1.03. The van der Waals surface area contributed by atoms with Gasteiger partial charge in [-0.1, -0.05) is 19.4 Å². The molecule has 0 unspecified atom stereocenters. The van der Waals surface area contributed by atoms with Crippen LogP contribution in [0.4, 0.5) is 0 Å². The van der Waals surface area contributed by atoms with E-state index < -0.39 is 0 Å². The summed E-state index contributed by atoms with van der Waals surface area (Å²) >= 11 is 0. The molecule has 2 rings (SSSR count). The number of carbonyl (C=O) groups is 1. The van der Waals surface area contributed by atoms with Gasteiger partial charge in [-0.15, -0.1) is 0 Å². The maximum atomic E-state index is 12.4. The number of Topliss-reactive ketones (excluding diaryl/α,β-unsaturated/α-hetero) is 1. The first-order valence-electron chi connectivity index (χ1n) is 7.28. The molecule has 0 N–H and O–H groups in total. The Kier molecular flexibility index (Phi) is 5.20. The van der Waals surface area contributed by atoms with Crippen molar-refractivity contribution in [3.8, 4) is 5.75 Å². The number of hydrogen-bond donors (Lipinski definition) is 0. The fourth-order valence-corrected chi connectivity index (χ4v) is 2.33. The Balaban J connectivity index is 2.04. The molecule has 0 radical (unpaired) electrons. The summed E-state index contributed by atoms with van der Waals surface area (Å²) in [5.41, 5.74) is 1.76. The van der Waals surface area contributed by atoms with Crippen LogP contribution in [0.2, 0.25) is 0 Å². The van der Waals surface area contributed by atoms with Crippen molar-refractivity contribution in [1.82, 2.24) is 0 Å². The van der Waals surface area contributed by atoms with Crippen LogP contribution in [0.25, 0.3) is 0 Å².